The molecule has 0 fully saturated rings. The Morgan fingerprint density at radius 2 is 2.12 bits per heavy atom. The molecule has 2 heterocycles. The van der Waals surface area contributed by atoms with E-state index in [-0.39, 0.29) is 5.91 Å². The minimum Gasteiger partial charge on any atom is -0.497 e. The van der Waals surface area contributed by atoms with Crippen LogP contribution in [-0.4, -0.2) is 29.4 Å². The lowest BCUT2D eigenvalue weighted by Gasteiger charge is -1.99. The number of rotatable bonds is 5. The fourth-order valence-corrected chi connectivity index (χ4v) is 3.26. The van der Waals surface area contributed by atoms with Gasteiger partial charge in [0, 0.05) is 10.4 Å². The molecule has 0 saturated heterocycles. The van der Waals surface area contributed by atoms with Gasteiger partial charge < -0.3 is 4.74 Å². The van der Waals surface area contributed by atoms with Gasteiger partial charge in [-0.15, -0.1) is 11.3 Å². The van der Waals surface area contributed by atoms with E-state index in [1.807, 2.05) is 36.4 Å². The molecule has 8 heteroatoms. The Bertz CT molecular complexity index is 870. The van der Waals surface area contributed by atoms with Crippen LogP contribution in [-0.2, 0) is 0 Å². The highest BCUT2D eigenvalue weighted by molar-refractivity contribution is 9.11. The van der Waals surface area contributed by atoms with Crippen molar-refractivity contribution < 1.29 is 9.53 Å². The third-order valence-corrected chi connectivity index (χ3v) is 4.72. The largest absolute Gasteiger partial charge is 0.497 e. The summed E-state index contributed by atoms with van der Waals surface area (Å²) in [5.74, 6) is 0.413. The molecule has 3 aromatic rings. The third kappa shape index (κ3) is 3.90. The summed E-state index contributed by atoms with van der Waals surface area (Å²) >= 11 is 4.90. The first-order chi connectivity index (χ1) is 11.7. The average Bonchev–Trinajstić information content (AvgIpc) is 3.24. The SMILES string of the molecule is COc1ccc(-c2cc(C(=O)N/N=C/c3ccc(Br)s3)[nH]n2)cc1. The second kappa shape index (κ2) is 7.41. The molecule has 3 rings (SSSR count). The molecule has 0 radical (unpaired) electrons. The van der Waals surface area contributed by atoms with Crippen molar-refractivity contribution in [2.24, 2.45) is 5.10 Å². The number of H-pyrrole nitrogens is 1. The molecule has 0 unspecified atom stereocenters. The summed E-state index contributed by atoms with van der Waals surface area (Å²) in [6, 6.07) is 12.9. The number of carbonyl (C=O) groups is 1. The molecule has 122 valence electrons. The standard InChI is InChI=1S/C16H13BrN4O2S/c1-23-11-4-2-10(3-5-11)13-8-14(20-19-13)16(22)21-18-9-12-6-7-15(17)24-12/h2-9H,1H3,(H,19,20)(H,21,22)/b18-9+. The lowest BCUT2D eigenvalue weighted by atomic mass is 10.1. The van der Waals surface area contributed by atoms with Crippen molar-refractivity contribution in [2.45, 2.75) is 0 Å². The van der Waals surface area contributed by atoms with E-state index in [2.05, 4.69) is 36.7 Å². The van der Waals surface area contributed by atoms with Gasteiger partial charge in [0.2, 0.25) is 0 Å². The van der Waals surface area contributed by atoms with Gasteiger partial charge in [0.05, 0.1) is 22.8 Å². The van der Waals surface area contributed by atoms with Crippen molar-refractivity contribution in [3.8, 4) is 17.0 Å². The fourth-order valence-electron chi connectivity index (χ4n) is 1.96. The first kappa shape index (κ1) is 16.4. The van der Waals surface area contributed by atoms with Crippen LogP contribution in [0.3, 0.4) is 0 Å². The van der Waals surface area contributed by atoms with Crippen LogP contribution in [0.5, 0.6) is 5.75 Å². The lowest BCUT2D eigenvalue weighted by Crippen LogP contribution is -2.17. The molecule has 0 saturated carbocycles. The zero-order valence-corrected chi connectivity index (χ0v) is 15.0. The number of thiophene rings is 1. The zero-order valence-electron chi connectivity index (χ0n) is 12.6. The first-order valence-corrected chi connectivity index (χ1v) is 8.55. The predicted octanol–water partition coefficient (Wildman–Crippen LogP) is 3.67. The molecule has 1 amide bonds. The molecule has 24 heavy (non-hydrogen) atoms. The normalized spacial score (nSPS) is 10.9. The van der Waals surface area contributed by atoms with E-state index in [0.717, 1.165) is 20.0 Å². The molecule has 0 bridgehead atoms. The average molecular weight is 405 g/mol. The number of carbonyl (C=O) groups excluding carboxylic acids is 1. The lowest BCUT2D eigenvalue weighted by molar-refractivity contribution is 0.0950. The minimum absolute atomic E-state index is 0.338. The number of ether oxygens (including phenoxy) is 1. The minimum atomic E-state index is -0.353. The van der Waals surface area contributed by atoms with Crippen LogP contribution in [0.4, 0.5) is 0 Å². The second-order valence-corrected chi connectivity index (χ2v) is 7.23. The van der Waals surface area contributed by atoms with Crippen molar-refractivity contribution in [1.29, 1.82) is 0 Å². The number of nitrogens with one attached hydrogen (secondary N) is 2. The number of nitrogens with zero attached hydrogens (tertiary/aromatic N) is 2. The van der Waals surface area contributed by atoms with Gasteiger partial charge in [0.25, 0.3) is 5.91 Å². The Labute approximate surface area is 150 Å². The molecule has 2 N–H and O–H groups in total. The maximum atomic E-state index is 12.1. The summed E-state index contributed by atoms with van der Waals surface area (Å²) in [6.45, 7) is 0. The maximum absolute atomic E-state index is 12.1. The van der Waals surface area contributed by atoms with Gasteiger partial charge in [-0.25, -0.2) is 5.43 Å². The molecule has 0 aliphatic rings. The molecule has 6 nitrogen and oxygen atoms in total. The van der Waals surface area contributed by atoms with Gasteiger partial charge in [-0.1, -0.05) is 0 Å². The van der Waals surface area contributed by atoms with Crippen LogP contribution in [0.15, 0.2) is 51.4 Å². The van der Waals surface area contributed by atoms with E-state index in [1.165, 1.54) is 11.3 Å². The number of methoxy groups -OCH3 is 1. The number of halogens is 1. The number of hydrazone groups is 1. The zero-order chi connectivity index (χ0) is 16.9. The molecular weight excluding hydrogens is 392 g/mol. The molecule has 1 aromatic carbocycles. The van der Waals surface area contributed by atoms with Crippen LogP contribution in [0, 0.1) is 0 Å². The van der Waals surface area contributed by atoms with Crippen LogP contribution in [0.1, 0.15) is 15.4 Å². The summed E-state index contributed by atoms with van der Waals surface area (Å²) in [4.78, 5) is 13.0. The predicted molar refractivity (Wildman–Crippen MR) is 97.7 cm³/mol. The number of benzene rings is 1. The van der Waals surface area contributed by atoms with E-state index >= 15 is 0 Å². The Morgan fingerprint density at radius 3 is 2.79 bits per heavy atom. The van der Waals surface area contributed by atoms with Crippen molar-refractivity contribution in [3.05, 3.63) is 56.8 Å². The Morgan fingerprint density at radius 1 is 1.33 bits per heavy atom. The van der Waals surface area contributed by atoms with Gasteiger partial charge >= 0.3 is 0 Å². The van der Waals surface area contributed by atoms with E-state index in [0.29, 0.717) is 11.4 Å². The van der Waals surface area contributed by atoms with Gasteiger partial charge in [0.1, 0.15) is 11.4 Å². The first-order valence-electron chi connectivity index (χ1n) is 6.94. The van der Waals surface area contributed by atoms with Crippen LogP contribution in [0.2, 0.25) is 0 Å². The topological polar surface area (TPSA) is 79.4 Å². The summed E-state index contributed by atoms with van der Waals surface area (Å²) < 4.78 is 6.13. The second-order valence-electron chi connectivity index (χ2n) is 4.74. The molecule has 0 atom stereocenters. The van der Waals surface area contributed by atoms with Crippen LogP contribution >= 0.6 is 27.3 Å². The highest BCUT2D eigenvalue weighted by Crippen LogP contribution is 2.21. The Balaban J connectivity index is 1.65. The van der Waals surface area contributed by atoms with Crippen LogP contribution in [0.25, 0.3) is 11.3 Å². The molecule has 2 aromatic heterocycles. The van der Waals surface area contributed by atoms with Gasteiger partial charge in [-0.05, 0) is 58.4 Å². The molecule has 0 aliphatic carbocycles. The van der Waals surface area contributed by atoms with Gasteiger partial charge in [0.15, 0.2) is 0 Å². The monoisotopic (exact) mass is 404 g/mol. The highest BCUT2D eigenvalue weighted by atomic mass is 79.9. The van der Waals surface area contributed by atoms with Crippen molar-refractivity contribution >= 4 is 39.4 Å². The van der Waals surface area contributed by atoms with E-state index < -0.39 is 0 Å². The maximum Gasteiger partial charge on any atom is 0.289 e. The quantitative estimate of drug-likeness (QED) is 0.502. The van der Waals surface area contributed by atoms with Crippen molar-refractivity contribution in [1.82, 2.24) is 15.6 Å². The number of hydrogen-bond acceptors (Lipinski definition) is 5. The van der Waals surface area contributed by atoms with Crippen molar-refractivity contribution in [2.75, 3.05) is 7.11 Å². The highest BCUT2D eigenvalue weighted by Gasteiger charge is 2.10. The number of aromatic nitrogens is 2. The fraction of sp³-hybridized carbons (Fsp3) is 0.0625. The number of amides is 1. The number of aromatic amines is 1. The summed E-state index contributed by atoms with van der Waals surface area (Å²) in [7, 11) is 1.61. The van der Waals surface area contributed by atoms with Crippen LogP contribution < -0.4 is 10.2 Å². The summed E-state index contributed by atoms with van der Waals surface area (Å²) in [5, 5.41) is 10.8. The van der Waals surface area contributed by atoms with Crippen molar-refractivity contribution in [3.63, 3.8) is 0 Å². The molecular formula is C16H13BrN4O2S. The Kier molecular flexibility index (Phi) is 5.07. The Hall–Kier alpha value is -2.45. The summed E-state index contributed by atoms with van der Waals surface area (Å²) in [5.41, 5.74) is 4.37. The summed E-state index contributed by atoms with van der Waals surface area (Å²) in [6.07, 6.45) is 1.59. The molecule has 0 spiro atoms. The number of hydrogen-bond donors (Lipinski definition) is 2. The van der Waals surface area contributed by atoms with Gasteiger partial charge in [-0.2, -0.15) is 10.2 Å². The van der Waals surface area contributed by atoms with E-state index in [4.69, 9.17) is 4.74 Å². The third-order valence-electron chi connectivity index (χ3n) is 3.16. The van der Waals surface area contributed by atoms with E-state index in [9.17, 15) is 4.79 Å². The van der Waals surface area contributed by atoms with Gasteiger partial charge in [-0.3, -0.25) is 9.89 Å². The smallest absolute Gasteiger partial charge is 0.289 e. The molecule has 0 aliphatic heterocycles. The van der Waals surface area contributed by atoms with E-state index in [1.54, 1.807) is 19.4 Å².